The summed E-state index contributed by atoms with van der Waals surface area (Å²) in [7, 11) is 5.44. The highest BCUT2D eigenvalue weighted by Gasteiger charge is 2.27. The summed E-state index contributed by atoms with van der Waals surface area (Å²) >= 11 is 0. The molecule has 0 unspecified atom stereocenters. The number of pyridine rings is 1. The van der Waals surface area contributed by atoms with Crippen molar-refractivity contribution in [1.82, 2.24) is 14.8 Å². The van der Waals surface area contributed by atoms with Gasteiger partial charge >= 0.3 is 0 Å². The van der Waals surface area contributed by atoms with Gasteiger partial charge in [0, 0.05) is 43.0 Å². The minimum atomic E-state index is 0. The molecule has 0 bridgehead atoms. The van der Waals surface area contributed by atoms with Crippen LogP contribution in [0.15, 0.2) is 36.7 Å². The zero-order valence-corrected chi connectivity index (χ0v) is 23.2. The molecule has 0 radical (unpaired) electrons. The molecule has 2 aromatic carbocycles. The van der Waals surface area contributed by atoms with Crippen LogP contribution in [0.25, 0.3) is 10.8 Å². The van der Waals surface area contributed by atoms with Gasteiger partial charge in [0.05, 0.1) is 14.2 Å². The first kappa shape index (κ1) is 31.4. The number of hydrogen-bond acceptors (Lipinski definition) is 5. The Labute approximate surface area is 225 Å². The Morgan fingerprint density at radius 3 is 2.33 bits per heavy atom. The van der Waals surface area contributed by atoms with Crippen LogP contribution in [0, 0.1) is 13.8 Å². The first-order chi connectivity index (χ1) is 15.9. The van der Waals surface area contributed by atoms with E-state index in [0.717, 1.165) is 66.7 Å². The number of likely N-dealkylation sites (N-methyl/N-ethyl adjacent to an activating group) is 1. The van der Waals surface area contributed by atoms with Crippen LogP contribution < -0.4 is 9.47 Å². The molecule has 1 aromatic heterocycles. The predicted molar refractivity (Wildman–Crippen MR) is 149 cm³/mol. The van der Waals surface area contributed by atoms with Crippen LogP contribution in [-0.4, -0.2) is 67.1 Å². The number of ether oxygens (including phenoxy) is 2. The third kappa shape index (κ3) is 6.59. The maximum absolute atomic E-state index is 12.8. The Hall–Kier alpha value is -2.58. The van der Waals surface area contributed by atoms with Gasteiger partial charge in [-0.05, 0) is 86.1 Å². The standard InChI is InChI=1S/C27H33N3O3.2ClH.H2O/c1-18-11-22-17-30(27(31)24(22)12-19(18)2)9-6-8-29(3)10-7-20-15-28-16-21-13-25(32-4)26(33-5)14-23(20)21;;;/h11-16H,6-10,17H2,1-5H3;2*1H;1H2. The Balaban J connectivity index is 0.00000216. The van der Waals surface area contributed by atoms with E-state index in [1.165, 1.54) is 16.7 Å². The van der Waals surface area contributed by atoms with Crippen molar-refractivity contribution >= 4 is 41.5 Å². The molecule has 3 aromatic rings. The lowest BCUT2D eigenvalue weighted by molar-refractivity contribution is 0.0772. The van der Waals surface area contributed by atoms with Gasteiger partial charge in [0.1, 0.15) is 0 Å². The molecular formula is C27H37Cl2N3O4. The SMILES string of the molecule is COc1cc2cncc(CCN(C)CCCN3Cc4cc(C)c(C)cc4C3=O)c2cc1OC.Cl.Cl.O. The second-order valence-electron chi connectivity index (χ2n) is 8.95. The molecule has 1 aliphatic rings. The van der Waals surface area contributed by atoms with Crippen LogP contribution >= 0.6 is 24.8 Å². The molecule has 2 N–H and O–H groups in total. The minimum absolute atomic E-state index is 0. The lowest BCUT2D eigenvalue weighted by atomic mass is 10.0. The van der Waals surface area contributed by atoms with Crippen LogP contribution in [0.3, 0.4) is 0 Å². The number of hydrogen-bond donors (Lipinski definition) is 0. The van der Waals surface area contributed by atoms with Gasteiger partial charge in [0.25, 0.3) is 5.91 Å². The van der Waals surface area contributed by atoms with E-state index in [2.05, 4.69) is 36.8 Å². The molecule has 0 spiro atoms. The molecule has 198 valence electrons. The number of rotatable bonds is 9. The van der Waals surface area contributed by atoms with E-state index in [9.17, 15) is 4.79 Å². The summed E-state index contributed by atoms with van der Waals surface area (Å²) in [6.45, 7) is 7.54. The van der Waals surface area contributed by atoms with Crippen molar-refractivity contribution in [2.75, 3.05) is 40.9 Å². The van der Waals surface area contributed by atoms with Crippen molar-refractivity contribution in [3.8, 4) is 11.5 Å². The number of aryl methyl sites for hydroxylation is 2. The molecule has 0 saturated carbocycles. The van der Waals surface area contributed by atoms with Crippen molar-refractivity contribution < 1.29 is 19.7 Å². The van der Waals surface area contributed by atoms with Crippen LogP contribution in [0.2, 0.25) is 0 Å². The van der Waals surface area contributed by atoms with Crippen molar-refractivity contribution in [2.45, 2.75) is 33.2 Å². The lowest BCUT2D eigenvalue weighted by Gasteiger charge is -2.20. The fourth-order valence-electron chi connectivity index (χ4n) is 4.54. The lowest BCUT2D eigenvalue weighted by Crippen LogP contribution is -2.29. The van der Waals surface area contributed by atoms with Gasteiger partial charge in [-0.3, -0.25) is 9.78 Å². The highest BCUT2D eigenvalue weighted by atomic mass is 35.5. The van der Waals surface area contributed by atoms with E-state index < -0.39 is 0 Å². The Morgan fingerprint density at radius 1 is 0.972 bits per heavy atom. The molecule has 36 heavy (non-hydrogen) atoms. The van der Waals surface area contributed by atoms with E-state index in [1.807, 2.05) is 35.5 Å². The summed E-state index contributed by atoms with van der Waals surface area (Å²) in [6.07, 6.45) is 5.64. The molecule has 2 heterocycles. The van der Waals surface area contributed by atoms with Crippen LogP contribution in [0.5, 0.6) is 11.5 Å². The van der Waals surface area contributed by atoms with Gasteiger partial charge in [-0.2, -0.15) is 0 Å². The number of carbonyl (C=O) groups excluding carboxylic acids is 1. The number of nitrogens with zero attached hydrogens (tertiary/aromatic N) is 3. The number of fused-ring (bicyclic) bond motifs is 2. The molecule has 0 fully saturated rings. The van der Waals surface area contributed by atoms with Crippen molar-refractivity contribution in [3.63, 3.8) is 0 Å². The molecule has 0 saturated heterocycles. The van der Waals surface area contributed by atoms with E-state index in [0.29, 0.717) is 5.75 Å². The van der Waals surface area contributed by atoms with Gasteiger partial charge < -0.3 is 24.7 Å². The molecular weight excluding hydrogens is 501 g/mol. The van der Waals surface area contributed by atoms with Crippen LogP contribution in [-0.2, 0) is 13.0 Å². The molecule has 0 atom stereocenters. The highest BCUT2D eigenvalue weighted by Crippen LogP contribution is 2.33. The fraction of sp³-hybridized carbons (Fsp3) is 0.407. The van der Waals surface area contributed by atoms with Gasteiger partial charge in [-0.15, -0.1) is 24.8 Å². The molecule has 1 aliphatic heterocycles. The smallest absolute Gasteiger partial charge is 0.254 e. The van der Waals surface area contributed by atoms with Gasteiger partial charge in [0.15, 0.2) is 11.5 Å². The topological polar surface area (TPSA) is 86.4 Å². The summed E-state index contributed by atoms with van der Waals surface area (Å²) in [5.74, 6) is 1.61. The average molecular weight is 539 g/mol. The van der Waals surface area contributed by atoms with Crippen LogP contribution in [0.1, 0.15) is 39.0 Å². The zero-order chi connectivity index (χ0) is 23.5. The zero-order valence-electron chi connectivity index (χ0n) is 21.6. The monoisotopic (exact) mass is 537 g/mol. The molecule has 1 amide bonds. The van der Waals surface area contributed by atoms with Gasteiger partial charge in [0.2, 0.25) is 0 Å². The number of carbonyl (C=O) groups is 1. The first-order valence-corrected chi connectivity index (χ1v) is 11.5. The summed E-state index contributed by atoms with van der Waals surface area (Å²) in [5, 5.41) is 2.19. The molecule has 9 heteroatoms. The first-order valence-electron chi connectivity index (χ1n) is 11.5. The number of aromatic nitrogens is 1. The van der Waals surface area contributed by atoms with E-state index >= 15 is 0 Å². The number of benzene rings is 2. The largest absolute Gasteiger partial charge is 0.493 e. The average Bonchev–Trinajstić information content (AvgIpc) is 3.11. The highest BCUT2D eigenvalue weighted by molar-refractivity contribution is 5.98. The predicted octanol–water partition coefficient (Wildman–Crippen LogP) is 4.41. The Kier molecular flexibility index (Phi) is 11.9. The Morgan fingerprint density at radius 2 is 1.64 bits per heavy atom. The summed E-state index contributed by atoms with van der Waals surface area (Å²) < 4.78 is 10.9. The fourth-order valence-corrected chi connectivity index (χ4v) is 4.54. The maximum Gasteiger partial charge on any atom is 0.254 e. The van der Waals surface area contributed by atoms with E-state index in [-0.39, 0.29) is 36.2 Å². The van der Waals surface area contributed by atoms with Gasteiger partial charge in [-0.1, -0.05) is 6.07 Å². The minimum Gasteiger partial charge on any atom is -0.493 e. The maximum atomic E-state index is 12.8. The molecule has 0 aliphatic carbocycles. The normalized spacial score (nSPS) is 12.1. The van der Waals surface area contributed by atoms with Crippen LogP contribution in [0.4, 0.5) is 0 Å². The quantitative estimate of drug-likeness (QED) is 0.403. The van der Waals surface area contributed by atoms with Crippen molar-refractivity contribution in [2.24, 2.45) is 0 Å². The van der Waals surface area contributed by atoms with Gasteiger partial charge in [-0.25, -0.2) is 0 Å². The second-order valence-corrected chi connectivity index (χ2v) is 8.95. The summed E-state index contributed by atoms with van der Waals surface area (Å²) in [6, 6.07) is 8.22. The summed E-state index contributed by atoms with van der Waals surface area (Å²) in [5.41, 5.74) is 5.66. The number of methoxy groups -OCH3 is 2. The molecule has 7 nitrogen and oxygen atoms in total. The second kappa shape index (κ2) is 13.7. The van der Waals surface area contributed by atoms with Crippen molar-refractivity contribution in [1.29, 1.82) is 0 Å². The summed E-state index contributed by atoms with van der Waals surface area (Å²) in [4.78, 5) is 21.5. The van der Waals surface area contributed by atoms with E-state index in [1.54, 1.807) is 14.2 Å². The third-order valence-electron chi connectivity index (χ3n) is 6.67. The third-order valence-corrected chi connectivity index (χ3v) is 6.67. The van der Waals surface area contributed by atoms with E-state index in [4.69, 9.17) is 9.47 Å². The number of amides is 1. The Bertz CT molecular complexity index is 1190. The number of halogens is 2. The molecule has 4 rings (SSSR count). The van der Waals surface area contributed by atoms with Crippen molar-refractivity contribution in [3.05, 3.63) is 64.5 Å².